The number of sulfonamides is 1. The molecule has 182 valence electrons. The third-order valence-corrected chi connectivity index (χ3v) is 6.19. The molecule has 1 amide bonds. The second kappa shape index (κ2) is 12.7. The highest BCUT2D eigenvalue weighted by molar-refractivity contribution is 7.89. The Morgan fingerprint density at radius 2 is 1.49 bits per heavy atom. The summed E-state index contributed by atoms with van der Waals surface area (Å²) in [6.45, 7) is 4.37. The number of para-hydroxylation sites is 1. The fourth-order valence-electron chi connectivity index (χ4n) is 2.85. The van der Waals surface area contributed by atoms with Gasteiger partial charge in [-0.1, -0.05) is 24.3 Å². The van der Waals surface area contributed by atoms with Crippen LogP contribution < -0.4 is 24.8 Å². The minimum absolute atomic E-state index is 0.0776. The van der Waals surface area contributed by atoms with Gasteiger partial charge in [-0.05, 0) is 72.9 Å². The van der Waals surface area contributed by atoms with Gasteiger partial charge in [-0.2, -0.15) is 0 Å². The van der Waals surface area contributed by atoms with Crippen molar-refractivity contribution >= 4 is 38.9 Å². The zero-order valence-electron chi connectivity index (χ0n) is 18.8. The molecule has 0 fully saturated rings. The number of hydrogen-bond acceptors (Lipinski definition) is 6. The highest BCUT2D eigenvalue weighted by Gasteiger charge is 2.13. The van der Waals surface area contributed by atoms with Gasteiger partial charge in [0.15, 0.2) is 5.11 Å². The first-order valence-electron chi connectivity index (χ1n) is 10.6. The quantitative estimate of drug-likeness (QED) is 0.205. The Balaban J connectivity index is 1.45. The minimum Gasteiger partial charge on any atom is -0.490 e. The van der Waals surface area contributed by atoms with Crippen LogP contribution in [0.2, 0.25) is 0 Å². The molecule has 0 saturated heterocycles. The van der Waals surface area contributed by atoms with Crippen molar-refractivity contribution in [2.75, 3.05) is 25.1 Å². The Morgan fingerprint density at radius 1 is 0.886 bits per heavy atom. The fraction of sp³-hybridized carbons (Fsp3) is 0.120. The summed E-state index contributed by atoms with van der Waals surface area (Å²) in [5, 5.41) is 5.52. The first kappa shape index (κ1) is 25.9. The summed E-state index contributed by atoms with van der Waals surface area (Å²) >= 11 is 5.19. The second-order valence-electron chi connectivity index (χ2n) is 7.11. The molecule has 3 aromatic rings. The van der Waals surface area contributed by atoms with E-state index in [-0.39, 0.29) is 16.6 Å². The number of nitrogens with one attached hydrogen (secondary N) is 3. The highest BCUT2D eigenvalue weighted by Crippen LogP contribution is 2.15. The molecule has 0 spiro atoms. The average Bonchev–Trinajstić information content (AvgIpc) is 2.86. The molecule has 0 aliphatic heterocycles. The van der Waals surface area contributed by atoms with Crippen molar-refractivity contribution in [1.82, 2.24) is 10.0 Å². The van der Waals surface area contributed by atoms with Crippen LogP contribution in [-0.2, 0) is 10.0 Å². The summed E-state index contributed by atoms with van der Waals surface area (Å²) in [5.74, 6) is 0.986. The van der Waals surface area contributed by atoms with E-state index in [4.69, 9.17) is 21.7 Å². The fourth-order valence-corrected chi connectivity index (χ4v) is 4.05. The van der Waals surface area contributed by atoms with Crippen LogP contribution in [0.1, 0.15) is 10.4 Å². The van der Waals surface area contributed by atoms with Gasteiger partial charge in [-0.3, -0.25) is 10.1 Å². The molecule has 0 aliphatic rings. The van der Waals surface area contributed by atoms with E-state index >= 15 is 0 Å². The van der Waals surface area contributed by atoms with Crippen LogP contribution in [0.15, 0.2) is 96.4 Å². The number of ether oxygens (including phenoxy) is 2. The van der Waals surface area contributed by atoms with Gasteiger partial charge in [0, 0.05) is 17.8 Å². The third-order valence-electron chi connectivity index (χ3n) is 4.55. The maximum atomic E-state index is 12.5. The highest BCUT2D eigenvalue weighted by atomic mass is 32.2. The maximum absolute atomic E-state index is 12.5. The Kier molecular flexibility index (Phi) is 9.36. The van der Waals surface area contributed by atoms with Crippen LogP contribution in [-0.4, -0.2) is 39.2 Å². The van der Waals surface area contributed by atoms with E-state index in [0.717, 1.165) is 5.75 Å². The summed E-state index contributed by atoms with van der Waals surface area (Å²) in [6, 6.07) is 22.0. The SMILES string of the molecule is C=CCNS(=O)(=O)c1ccc(NC(=S)NC(=O)c2ccc(OCCOc3ccccc3)cc2)cc1. The van der Waals surface area contributed by atoms with Crippen LogP contribution in [0, 0.1) is 0 Å². The molecule has 0 atom stereocenters. The van der Waals surface area contributed by atoms with Gasteiger partial charge < -0.3 is 14.8 Å². The summed E-state index contributed by atoms with van der Waals surface area (Å²) in [5.41, 5.74) is 0.927. The van der Waals surface area contributed by atoms with Crippen LogP contribution >= 0.6 is 12.2 Å². The summed E-state index contributed by atoms with van der Waals surface area (Å²) in [6.07, 6.45) is 1.46. The molecular formula is C25H25N3O5S2. The molecule has 0 saturated carbocycles. The predicted octanol–water partition coefficient (Wildman–Crippen LogP) is 3.74. The number of thiocarbonyl (C=S) groups is 1. The lowest BCUT2D eigenvalue weighted by molar-refractivity contribution is 0.0977. The standard InChI is InChI=1S/C25H25N3O5S2/c1-2-16-26-35(30,31)23-14-10-20(11-15-23)27-25(34)28-24(29)19-8-12-22(13-9-19)33-18-17-32-21-6-4-3-5-7-21/h2-15,26H,1,16-18H2,(H2,27,28,29,34). The number of hydrogen-bond donors (Lipinski definition) is 3. The van der Waals surface area contributed by atoms with Gasteiger partial charge in [0.25, 0.3) is 5.91 Å². The smallest absolute Gasteiger partial charge is 0.257 e. The third kappa shape index (κ3) is 8.21. The Hall–Kier alpha value is -3.73. The average molecular weight is 512 g/mol. The molecule has 3 rings (SSSR count). The molecule has 0 unspecified atom stereocenters. The van der Waals surface area contributed by atoms with E-state index in [0.29, 0.717) is 30.2 Å². The minimum atomic E-state index is -3.62. The Labute approximate surface area is 210 Å². The number of carbonyl (C=O) groups is 1. The number of rotatable bonds is 11. The lowest BCUT2D eigenvalue weighted by Gasteiger charge is -2.11. The Bertz CT molecular complexity index is 1250. The number of amides is 1. The summed E-state index contributed by atoms with van der Waals surface area (Å²) in [7, 11) is -3.62. The first-order chi connectivity index (χ1) is 16.9. The Morgan fingerprint density at radius 3 is 2.09 bits per heavy atom. The van der Waals surface area contributed by atoms with E-state index < -0.39 is 15.9 Å². The van der Waals surface area contributed by atoms with Crippen LogP contribution in [0.5, 0.6) is 11.5 Å². The predicted molar refractivity (Wildman–Crippen MR) is 139 cm³/mol. The number of benzene rings is 3. The molecule has 3 aromatic carbocycles. The molecule has 0 aromatic heterocycles. The summed E-state index contributed by atoms with van der Waals surface area (Å²) < 4.78 is 37.8. The molecular weight excluding hydrogens is 486 g/mol. The van der Waals surface area contributed by atoms with Gasteiger partial charge in [0.2, 0.25) is 10.0 Å². The van der Waals surface area contributed by atoms with Crippen molar-refractivity contribution in [1.29, 1.82) is 0 Å². The van der Waals surface area contributed by atoms with E-state index in [9.17, 15) is 13.2 Å². The van der Waals surface area contributed by atoms with Crippen molar-refractivity contribution in [2.45, 2.75) is 4.90 Å². The van der Waals surface area contributed by atoms with E-state index in [1.165, 1.54) is 18.2 Å². The normalized spacial score (nSPS) is 10.7. The van der Waals surface area contributed by atoms with Gasteiger partial charge in [0.05, 0.1) is 4.90 Å². The largest absolute Gasteiger partial charge is 0.490 e. The van der Waals surface area contributed by atoms with Gasteiger partial charge in [-0.15, -0.1) is 6.58 Å². The lowest BCUT2D eigenvalue weighted by atomic mass is 10.2. The van der Waals surface area contributed by atoms with Crippen molar-refractivity contribution in [3.8, 4) is 11.5 Å². The molecule has 0 aliphatic carbocycles. The molecule has 0 radical (unpaired) electrons. The first-order valence-corrected chi connectivity index (χ1v) is 12.5. The topological polar surface area (TPSA) is 106 Å². The van der Waals surface area contributed by atoms with Gasteiger partial charge in [0.1, 0.15) is 24.7 Å². The van der Waals surface area contributed by atoms with Gasteiger partial charge >= 0.3 is 0 Å². The maximum Gasteiger partial charge on any atom is 0.257 e. The lowest BCUT2D eigenvalue weighted by Crippen LogP contribution is -2.34. The zero-order chi connectivity index (χ0) is 25.1. The second-order valence-corrected chi connectivity index (χ2v) is 9.28. The molecule has 10 heteroatoms. The van der Waals surface area contributed by atoms with Crippen LogP contribution in [0.3, 0.4) is 0 Å². The molecule has 3 N–H and O–H groups in total. The zero-order valence-corrected chi connectivity index (χ0v) is 20.4. The van der Waals surface area contributed by atoms with Crippen molar-refractivity contribution in [3.05, 3.63) is 97.1 Å². The van der Waals surface area contributed by atoms with Crippen molar-refractivity contribution in [3.63, 3.8) is 0 Å². The van der Waals surface area contributed by atoms with Gasteiger partial charge in [-0.25, -0.2) is 13.1 Å². The van der Waals surface area contributed by atoms with Crippen molar-refractivity contribution < 1.29 is 22.7 Å². The molecule has 0 heterocycles. The van der Waals surface area contributed by atoms with E-state index in [1.807, 2.05) is 30.3 Å². The molecule has 35 heavy (non-hydrogen) atoms. The van der Waals surface area contributed by atoms with E-state index in [2.05, 4.69) is 21.9 Å². The monoisotopic (exact) mass is 511 g/mol. The summed E-state index contributed by atoms with van der Waals surface area (Å²) in [4.78, 5) is 12.6. The van der Waals surface area contributed by atoms with E-state index in [1.54, 1.807) is 36.4 Å². The number of carbonyl (C=O) groups excluding carboxylic acids is 1. The molecule has 0 bridgehead atoms. The van der Waals surface area contributed by atoms with Crippen LogP contribution in [0.25, 0.3) is 0 Å². The van der Waals surface area contributed by atoms with Crippen molar-refractivity contribution in [2.24, 2.45) is 0 Å². The van der Waals surface area contributed by atoms with Crippen LogP contribution in [0.4, 0.5) is 5.69 Å². The molecule has 8 nitrogen and oxygen atoms in total. The number of anilines is 1.